The maximum atomic E-state index is 6.70. The summed E-state index contributed by atoms with van der Waals surface area (Å²) in [4.78, 5) is 16.9. The van der Waals surface area contributed by atoms with Gasteiger partial charge in [-0.2, -0.15) is 0 Å². The summed E-state index contributed by atoms with van der Waals surface area (Å²) in [6.07, 6.45) is 6.80. The minimum Gasteiger partial charge on any atom is -0.381 e. The number of anilines is 2. The fourth-order valence-corrected chi connectivity index (χ4v) is 5.59. The monoisotopic (exact) mass is 418 g/mol. The van der Waals surface area contributed by atoms with Crippen molar-refractivity contribution in [2.24, 2.45) is 11.1 Å². The van der Waals surface area contributed by atoms with Crippen LogP contribution in [0.5, 0.6) is 0 Å². The van der Waals surface area contributed by atoms with Crippen LogP contribution in [0.15, 0.2) is 58.7 Å². The lowest BCUT2D eigenvalue weighted by molar-refractivity contribution is 0.187. The van der Waals surface area contributed by atoms with E-state index in [4.69, 9.17) is 11.5 Å². The highest BCUT2D eigenvalue weighted by Gasteiger charge is 2.45. The third kappa shape index (κ3) is 3.32. The molecule has 0 unspecified atom stereocenters. The van der Waals surface area contributed by atoms with Crippen molar-refractivity contribution in [2.75, 3.05) is 23.7 Å². The van der Waals surface area contributed by atoms with Crippen LogP contribution in [0, 0.1) is 12.3 Å². The highest BCUT2D eigenvalue weighted by molar-refractivity contribution is 7.99. The Morgan fingerprint density at radius 2 is 1.90 bits per heavy atom. The molecular weight excluding hydrogens is 392 g/mol. The molecule has 0 saturated carbocycles. The molecule has 0 radical (unpaired) electrons. The van der Waals surface area contributed by atoms with Crippen LogP contribution in [0.1, 0.15) is 35.7 Å². The second kappa shape index (κ2) is 7.56. The van der Waals surface area contributed by atoms with Crippen LogP contribution in [-0.2, 0) is 6.42 Å². The van der Waals surface area contributed by atoms with E-state index in [2.05, 4.69) is 44.1 Å². The predicted molar refractivity (Wildman–Crippen MR) is 120 cm³/mol. The van der Waals surface area contributed by atoms with Crippen LogP contribution < -0.4 is 16.4 Å². The van der Waals surface area contributed by atoms with Crippen molar-refractivity contribution in [3.05, 3.63) is 65.6 Å². The maximum absolute atomic E-state index is 6.70. The first-order valence-corrected chi connectivity index (χ1v) is 11.2. The van der Waals surface area contributed by atoms with Crippen LogP contribution in [0.2, 0.25) is 0 Å². The maximum Gasteiger partial charge on any atom is 0.158 e. The van der Waals surface area contributed by atoms with Gasteiger partial charge in [-0.15, -0.1) is 0 Å². The first kappa shape index (κ1) is 19.3. The van der Waals surface area contributed by atoms with Crippen molar-refractivity contribution in [2.45, 2.75) is 42.1 Å². The molecule has 3 aromatic rings. The number of hydrogen-bond acceptors (Lipinski definition) is 7. The van der Waals surface area contributed by atoms with E-state index in [1.807, 2.05) is 25.3 Å². The lowest BCUT2D eigenvalue weighted by atomic mass is 9.73. The highest BCUT2D eigenvalue weighted by Crippen LogP contribution is 2.50. The number of nitrogens with zero attached hydrogens (tertiary/aromatic N) is 4. The van der Waals surface area contributed by atoms with E-state index in [0.717, 1.165) is 53.8 Å². The Kier molecular flexibility index (Phi) is 4.87. The normalized spacial score (nSPS) is 19.8. The first-order valence-electron chi connectivity index (χ1n) is 10.4. The molecule has 0 amide bonds. The summed E-state index contributed by atoms with van der Waals surface area (Å²) in [6, 6.07) is 12.7. The molecule has 1 aliphatic heterocycles. The average Bonchev–Trinajstić information content (AvgIpc) is 3.03. The average molecular weight is 419 g/mol. The number of rotatable bonds is 3. The van der Waals surface area contributed by atoms with Crippen LogP contribution in [0.25, 0.3) is 0 Å². The molecule has 2 aromatic heterocycles. The zero-order valence-corrected chi connectivity index (χ0v) is 17.9. The third-order valence-electron chi connectivity index (χ3n) is 6.59. The van der Waals surface area contributed by atoms with Crippen molar-refractivity contribution < 1.29 is 0 Å². The molecule has 1 saturated heterocycles. The summed E-state index contributed by atoms with van der Waals surface area (Å²) in [6.45, 7) is 3.82. The quantitative estimate of drug-likeness (QED) is 0.669. The minimum atomic E-state index is 0.119. The van der Waals surface area contributed by atoms with E-state index in [0.29, 0.717) is 5.82 Å². The molecule has 1 spiro atoms. The molecule has 0 bridgehead atoms. The van der Waals surface area contributed by atoms with Gasteiger partial charge in [-0.3, -0.25) is 4.98 Å². The van der Waals surface area contributed by atoms with Gasteiger partial charge in [-0.05, 0) is 54.9 Å². The fraction of sp³-hybridized carbons (Fsp3) is 0.348. The van der Waals surface area contributed by atoms with Crippen molar-refractivity contribution >= 4 is 23.4 Å². The summed E-state index contributed by atoms with van der Waals surface area (Å²) in [5.41, 5.74) is 16.8. The van der Waals surface area contributed by atoms with E-state index < -0.39 is 0 Å². The van der Waals surface area contributed by atoms with E-state index in [1.165, 1.54) is 22.9 Å². The van der Waals surface area contributed by atoms with Gasteiger partial charge in [0.15, 0.2) is 5.82 Å². The number of nitrogen functional groups attached to an aromatic ring is 1. The highest BCUT2D eigenvalue weighted by atomic mass is 32.2. The standard InChI is InChI=1S/C23H26N6S/c1-15-18(7-4-10-26-15)30-22-21(25)28-19(14-27-22)29-11-8-23(9-12-29)13-16-5-2-3-6-17(16)20(23)24/h2-7,10,14,20H,8-9,11-13,24H2,1H3,(H2,25,28)/t20-/m1/s1. The molecule has 4 N–H and O–H groups in total. The summed E-state index contributed by atoms with van der Waals surface area (Å²) in [5, 5.41) is 0.719. The Bertz CT molecular complexity index is 1080. The van der Waals surface area contributed by atoms with E-state index in [-0.39, 0.29) is 11.5 Å². The van der Waals surface area contributed by atoms with E-state index in [1.54, 1.807) is 6.20 Å². The lowest BCUT2D eigenvalue weighted by Gasteiger charge is -2.42. The van der Waals surface area contributed by atoms with Crippen molar-refractivity contribution in [1.29, 1.82) is 0 Å². The number of aromatic nitrogens is 3. The van der Waals surface area contributed by atoms with Gasteiger partial charge < -0.3 is 16.4 Å². The van der Waals surface area contributed by atoms with E-state index in [9.17, 15) is 0 Å². The summed E-state index contributed by atoms with van der Waals surface area (Å²) in [7, 11) is 0. The second-order valence-corrected chi connectivity index (χ2v) is 9.34. The molecule has 2 aliphatic rings. The Balaban J connectivity index is 1.29. The summed E-state index contributed by atoms with van der Waals surface area (Å²) >= 11 is 1.51. The van der Waals surface area contributed by atoms with Gasteiger partial charge in [-0.25, -0.2) is 9.97 Å². The SMILES string of the molecule is Cc1ncccc1Sc1ncc(N2CCC3(CC2)Cc2ccccc2[C@H]3N)nc1N. The number of nitrogens with two attached hydrogens (primary N) is 2. The third-order valence-corrected chi connectivity index (χ3v) is 7.75. The number of aryl methyl sites for hydroxylation is 1. The second-order valence-electron chi connectivity index (χ2n) is 8.31. The zero-order valence-electron chi connectivity index (χ0n) is 17.1. The Morgan fingerprint density at radius 3 is 2.63 bits per heavy atom. The van der Waals surface area contributed by atoms with Gasteiger partial charge in [0.25, 0.3) is 0 Å². The number of piperidine rings is 1. The van der Waals surface area contributed by atoms with Crippen LogP contribution in [-0.4, -0.2) is 28.0 Å². The summed E-state index contributed by atoms with van der Waals surface area (Å²) in [5.74, 6) is 1.31. The lowest BCUT2D eigenvalue weighted by Crippen LogP contribution is -2.44. The summed E-state index contributed by atoms with van der Waals surface area (Å²) < 4.78 is 0. The fourth-order valence-electron chi connectivity index (χ4n) is 4.78. The van der Waals surface area contributed by atoms with Gasteiger partial charge in [-0.1, -0.05) is 36.0 Å². The van der Waals surface area contributed by atoms with Gasteiger partial charge in [0.05, 0.1) is 11.9 Å². The molecule has 30 heavy (non-hydrogen) atoms. The van der Waals surface area contributed by atoms with E-state index >= 15 is 0 Å². The largest absolute Gasteiger partial charge is 0.381 e. The van der Waals surface area contributed by atoms with Crippen LogP contribution >= 0.6 is 11.8 Å². The van der Waals surface area contributed by atoms with Crippen molar-refractivity contribution in [3.63, 3.8) is 0 Å². The Hall–Kier alpha value is -2.64. The van der Waals surface area contributed by atoms with Gasteiger partial charge in [0.1, 0.15) is 10.8 Å². The molecule has 6 nitrogen and oxygen atoms in total. The molecule has 5 rings (SSSR count). The Labute approximate surface area is 181 Å². The first-order chi connectivity index (χ1) is 14.6. The topological polar surface area (TPSA) is 94.0 Å². The van der Waals surface area contributed by atoms with Gasteiger partial charge in [0.2, 0.25) is 0 Å². The molecule has 1 atom stereocenters. The zero-order chi connectivity index (χ0) is 20.7. The predicted octanol–water partition coefficient (Wildman–Crippen LogP) is 3.76. The smallest absolute Gasteiger partial charge is 0.158 e. The Morgan fingerprint density at radius 1 is 1.10 bits per heavy atom. The minimum absolute atomic E-state index is 0.119. The molecule has 1 fully saturated rings. The van der Waals surface area contributed by atoms with Crippen molar-refractivity contribution in [1.82, 2.24) is 15.0 Å². The van der Waals surface area contributed by atoms with Gasteiger partial charge >= 0.3 is 0 Å². The van der Waals surface area contributed by atoms with Crippen molar-refractivity contribution in [3.8, 4) is 0 Å². The number of fused-ring (bicyclic) bond motifs is 1. The number of pyridine rings is 1. The molecule has 7 heteroatoms. The molecule has 154 valence electrons. The molecule has 3 heterocycles. The number of hydrogen-bond donors (Lipinski definition) is 2. The molecule has 1 aromatic carbocycles. The van der Waals surface area contributed by atoms with Crippen LogP contribution in [0.4, 0.5) is 11.6 Å². The molecule has 1 aliphatic carbocycles. The number of benzene rings is 1. The molecular formula is C23H26N6S. The van der Waals surface area contributed by atoms with Gasteiger partial charge in [0, 0.05) is 30.2 Å². The van der Waals surface area contributed by atoms with Crippen LogP contribution in [0.3, 0.4) is 0 Å².